The molecule has 8 heteroatoms. The fourth-order valence-electron chi connectivity index (χ4n) is 3.78. The Hall–Kier alpha value is -3.13. The number of carbonyl (C=O) groups is 2. The Morgan fingerprint density at radius 3 is 2.56 bits per heavy atom. The molecule has 1 unspecified atom stereocenters. The second kappa shape index (κ2) is 10.5. The lowest BCUT2D eigenvalue weighted by Gasteiger charge is -2.16. The van der Waals surface area contributed by atoms with Crippen molar-refractivity contribution in [1.29, 1.82) is 0 Å². The summed E-state index contributed by atoms with van der Waals surface area (Å²) in [6.45, 7) is 0.896. The Labute approximate surface area is 190 Å². The third-order valence-electron chi connectivity index (χ3n) is 5.56. The van der Waals surface area contributed by atoms with Gasteiger partial charge in [0.2, 0.25) is 16.9 Å². The standard InChI is InChI=1S/C24H25FN4O2S/c25-20-11-9-18(10-12-20)13-14-29-16-19(15-22(29)30)23(31)26-24-28-27-21(32-24)8-4-7-17-5-2-1-3-6-17/h1-3,5-6,9-12,19H,4,7-8,13-16H2,(H,26,28,31). The SMILES string of the molecule is O=C(Nc1nnc(CCCc2ccccc2)s1)C1CC(=O)N(CCc2ccc(F)cc2)C1. The molecule has 6 nitrogen and oxygen atoms in total. The first kappa shape index (κ1) is 22.1. The molecule has 32 heavy (non-hydrogen) atoms. The van der Waals surface area contributed by atoms with Crippen LogP contribution in [0.15, 0.2) is 54.6 Å². The Morgan fingerprint density at radius 2 is 1.78 bits per heavy atom. The summed E-state index contributed by atoms with van der Waals surface area (Å²) in [6.07, 6.45) is 3.56. The average Bonchev–Trinajstić information content (AvgIpc) is 3.40. The summed E-state index contributed by atoms with van der Waals surface area (Å²) in [6, 6.07) is 16.5. The highest BCUT2D eigenvalue weighted by atomic mass is 32.1. The van der Waals surface area contributed by atoms with Gasteiger partial charge in [-0.1, -0.05) is 53.8 Å². The number of rotatable bonds is 9. The Kier molecular flexibility index (Phi) is 7.21. The highest BCUT2D eigenvalue weighted by Crippen LogP contribution is 2.23. The number of amides is 2. The number of hydrogen-bond acceptors (Lipinski definition) is 5. The van der Waals surface area contributed by atoms with Crippen LogP contribution in [0.1, 0.15) is 29.0 Å². The van der Waals surface area contributed by atoms with Gasteiger partial charge in [0, 0.05) is 25.9 Å². The molecule has 0 radical (unpaired) electrons. The number of nitrogens with one attached hydrogen (secondary N) is 1. The largest absolute Gasteiger partial charge is 0.342 e. The Balaban J connectivity index is 1.22. The number of aryl methyl sites for hydroxylation is 2. The second-order valence-corrected chi connectivity index (χ2v) is 9.01. The molecule has 1 N–H and O–H groups in total. The van der Waals surface area contributed by atoms with Crippen LogP contribution >= 0.6 is 11.3 Å². The molecule has 1 atom stereocenters. The minimum Gasteiger partial charge on any atom is -0.342 e. The van der Waals surface area contributed by atoms with E-state index in [1.54, 1.807) is 17.0 Å². The lowest BCUT2D eigenvalue weighted by molar-refractivity contribution is -0.128. The van der Waals surface area contributed by atoms with Crippen molar-refractivity contribution in [2.24, 2.45) is 5.92 Å². The number of benzene rings is 2. The summed E-state index contributed by atoms with van der Waals surface area (Å²) >= 11 is 1.38. The van der Waals surface area contributed by atoms with E-state index in [1.165, 1.54) is 29.0 Å². The van der Waals surface area contributed by atoms with Crippen LogP contribution in [0.5, 0.6) is 0 Å². The fraction of sp³-hybridized carbons (Fsp3) is 0.333. The normalized spacial score (nSPS) is 15.8. The first-order valence-electron chi connectivity index (χ1n) is 10.8. The summed E-state index contributed by atoms with van der Waals surface area (Å²) in [5.41, 5.74) is 2.25. The van der Waals surface area contributed by atoms with Gasteiger partial charge in [0.25, 0.3) is 0 Å². The zero-order chi connectivity index (χ0) is 22.3. The van der Waals surface area contributed by atoms with Crippen LogP contribution in [0.3, 0.4) is 0 Å². The maximum absolute atomic E-state index is 13.0. The third-order valence-corrected chi connectivity index (χ3v) is 6.46. The lowest BCUT2D eigenvalue weighted by Crippen LogP contribution is -2.30. The average molecular weight is 453 g/mol. The quantitative estimate of drug-likeness (QED) is 0.535. The van der Waals surface area contributed by atoms with E-state index >= 15 is 0 Å². The number of halogens is 1. The molecule has 2 aromatic carbocycles. The van der Waals surface area contributed by atoms with Gasteiger partial charge in [0.05, 0.1) is 5.92 Å². The molecule has 0 aliphatic carbocycles. The lowest BCUT2D eigenvalue weighted by atomic mass is 10.1. The fourth-order valence-corrected chi connectivity index (χ4v) is 4.56. The van der Waals surface area contributed by atoms with Crippen molar-refractivity contribution in [2.75, 3.05) is 18.4 Å². The van der Waals surface area contributed by atoms with Crippen molar-refractivity contribution in [1.82, 2.24) is 15.1 Å². The van der Waals surface area contributed by atoms with Crippen LogP contribution in [0.4, 0.5) is 9.52 Å². The predicted molar refractivity (Wildman–Crippen MR) is 122 cm³/mol. The molecule has 3 aromatic rings. The molecular weight excluding hydrogens is 427 g/mol. The summed E-state index contributed by atoms with van der Waals surface area (Å²) in [7, 11) is 0. The van der Waals surface area contributed by atoms with Gasteiger partial charge < -0.3 is 10.2 Å². The molecule has 166 valence electrons. The first-order valence-corrected chi connectivity index (χ1v) is 11.6. The van der Waals surface area contributed by atoms with Crippen LogP contribution in [0.2, 0.25) is 0 Å². The molecular formula is C24H25FN4O2S. The summed E-state index contributed by atoms with van der Waals surface area (Å²) in [5.74, 6) is -0.916. The van der Waals surface area contributed by atoms with Crippen molar-refractivity contribution in [2.45, 2.75) is 32.1 Å². The highest BCUT2D eigenvalue weighted by Gasteiger charge is 2.34. The van der Waals surface area contributed by atoms with Crippen molar-refractivity contribution < 1.29 is 14.0 Å². The number of aromatic nitrogens is 2. The van der Waals surface area contributed by atoms with Crippen molar-refractivity contribution in [3.8, 4) is 0 Å². The number of nitrogens with zero attached hydrogens (tertiary/aromatic N) is 3. The monoisotopic (exact) mass is 452 g/mol. The molecule has 1 fully saturated rings. The van der Waals surface area contributed by atoms with E-state index in [4.69, 9.17) is 0 Å². The highest BCUT2D eigenvalue weighted by molar-refractivity contribution is 7.15. The maximum atomic E-state index is 13.0. The molecule has 1 aromatic heterocycles. The second-order valence-electron chi connectivity index (χ2n) is 7.95. The Bertz CT molecular complexity index is 1060. The third kappa shape index (κ3) is 5.97. The van der Waals surface area contributed by atoms with Gasteiger partial charge >= 0.3 is 0 Å². The molecule has 1 aliphatic rings. The van der Waals surface area contributed by atoms with Crippen molar-refractivity contribution in [3.63, 3.8) is 0 Å². The van der Waals surface area contributed by atoms with E-state index in [9.17, 15) is 14.0 Å². The van der Waals surface area contributed by atoms with E-state index in [0.717, 1.165) is 29.8 Å². The van der Waals surface area contributed by atoms with Crippen LogP contribution in [-0.2, 0) is 28.9 Å². The van der Waals surface area contributed by atoms with Gasteiger partial charge in [-0.05, 0) is 42.5 Å². The zero-order valence-corrected chi connectivity index (χ0v) is 18.5. The van der Waals surface area contributed by atoms with Crippen LogP contribution < -0.4 is 5.32 Å². The molecule has 0 bridgehead atoms. The summed E-state index contributed by atoms with van der Waals surface area (Å²) < 4.78 is 13.0. The van der Waals surface area contributed by atoms with E-state index in [1.807, 2.05) is 18.2 Å². The summed E-state index contributed by atoms with van der Waals surface area (Å²) in [5, 5.41) is 12.4. The maximum Gasteiger partial charge on any atom is 0.231 e. The molecule has 2 amide bonds. The molecule has 1 saturated heterocycles. The molecule has 0 saturated carbocycles. The van der Waals surface area contributed by atoms with E-state index in [2.05, 4.69) is 27.6 Å². The number of carbonyl (C=O) groups excluding carboxylic acids is 2. The van der Waals surface area contributed by atoms with Gasteiger partial charge in [0.1, 0.15) is 10.8 Å². The Morgan fingerprint density at radius 1 is 1.03 bits per heavy atom. The smallest absolute Gasteiger partial charge is 0.231 e. The van der Waals surface area contributed by atoms with Crippen molar-refractivity contribution in [3.05, 3.63) is 76.5 Å². The van der Waals surface area contributed by atoms with E-state index in [-0.39, 0.29) is 24.1 Å². The molecule has 2 heterocycles. The zero-order valence-electron chi connectivity index (χ0n) is 17.7. The van der Waals surface area contributed by atoms with Gasteiger partial charge in [-0.2, -0.15) is 0 Å². The molecule has 4 rings (SSSR count). The van der Waals surface area contributed by atoms with E-state index in [0.29, 0.717) is 24.6 Å². The minimum atomic E-state index is -0.402. The van der Waals surface area contributed by atoms with Gasteiger partial charge in [-0.3, -0.25) is 9.59 Å². The first-order chi connectivity index (χ1) is 15.6. The van der Waals surface area contributed by atoms with Crippen LogP contribution in [-0.4, -0.2) is 40.0 Å². The van der Waals surface area contributed by atoms with Gasteiger partial charge in [-0.25, -0.2) is 4.39 Å². The number of hydrogen-bond donors (Lipinski definition) is 1. The van der Waals surface area contributed by atoms with Gasteiger partial charge in [-0.15, -0.1) is 10.2 Å². The summed E-state index contributed by atoms with van der Waals surface area (Å²) in [4.78, 5) is 26.6. The minimum absolute atomic E-state index is 0.0360. The molecule has 1 aliphatic heterocycles. The van der Waals surface area contributed by atoms with Crippen LogP contribution in [0, 0.1) is 11.7 Å². The van der Waals surface area contributed by atoms with Gasteiger partial charge in [0.15, 0.2) is 0 Å². The number of anilines is 1. The van der Waals surface area contributed by atoms with E-state index < -0.39 is 5.92 Å². The van der Waals surface area contributed by atoms with Crippen LogP contribution in [0.25, 0.3) is 0 Å². The topological polar surface area (TPSA) is 75.2 Å². The number of likely N-dealkylation sites (tertiary alicyclic amines) is 1. The molecule has 0 spiro atoms. The van der Waals surface area contributed by atoms with Crippen molar-refractivity contribution >= 4 is 28.3 Å². The predicted octanol–water partition coefficient (Wildman–Crippen LogP) is 3.88.